The average molecular weight is 297 g/mol. The molecule has 0 aliphatic carbocycles. The Balaban J connectivity index is 2.82. The van der Waals surface area contributed by atoms with Crippen molar-refractivity contribution in [1.29, 1.82) is 0 Å². The smallest absolute Gasteiger partial charge is 0.254 e. The third-order valence-electron chi connectivity index (χ3n) is 3.08. The Hall–Kier alpha value is -1.04. The van der Waals surface area contributed by atoms with E-state index < -0.39 is 0 Å². The Morgan fingerprint density at radius 2 is 1.90 bits per heavy atom. The number of carbonyl (C=O) groups excluding carboxylic acids is 1. The highest BCUT2D eigenvalue weighted by atomic mass is 32.1. The fourth-order valence-corrected chi connectivity index (χ4v) is 2.13. The van der Waals surface area contributed by atoms with E-state index in [1.807, 2.05) is 25.1 Å². The number of thiol groups is 1. The maximum absolute atomic E-state index is 12.6. The van der Waals surface area contributed by atoms with Gasteiger partial charge >= 0.3 is 0 Å². The monoisotopic (exact) mass is 297 g/mol. The second-order valence-corrected chi connectivity index (χ2v) is 5.15. The Bertz CT molecular complexity index is 437. The SMILES string of the molecule is COCCCN(CCOC)C(=O)c1cc(S)ccc1C. The molecule has 0 saturated heterocycles. The Kier molecular flexibility index (Phi) is 7.65. The van der Waals surface area contributed by atoms with Crippen molar-refractivity contribution in [2.75, 3.05) is 40.5 Å². The van der Waals surface area contributed by atoms with Gasteiger partial charge in [0.25, 0.3) is 5.91 Å². The summed E-state index contributed by atoms with van der Waals surface area (Å²) < 4.78 is 10.1. The first-order valence-electron chi connectivity index (χ1n) is 6.67. The topological polar surface area (TPSA) is 38.8 Å². The van der Waals surface area contributed by atoms with Gasteiger partial charge in [0, 0.05) is 44.4 Å². The summed E-state index contributed by atoms with van der Waals surface area (Å²) in [6, 6.07) is 5.62. The third-order valence-corrected chi connectivity index (χ3v) is 3.36. The molecule has 0 aliphatic heterocycles. The molecule has 1 amide bonds. The van der Waals surface area contributed by atoms with Crippen LogP contribution in [0.25, 0.3) is 0 Å². The number of nitrogens with zero attached hydrogens (tertiary/aromatic N) is 1. The molecule has 1 aromatic carbocycles. The van der Waals surface area contributed by atoms with Gasteiger partial charge in [0.05, 0.1) is 6.61 Å². The Morgan fingerprint density at radius 3 is 2.55 bits per heavy atom. The fraction of sp³-hybridized carbons (Fsp3) is 0.533. The molecule has 0 aliphatic rings. The van der Waals surface area contributed by atoms with E-state index in [0.717, 1.165) is 16.9 Å². The standard InChI is InChI=1S/C15H23NO3S/c1-12-5-6-13(20)11-14(12)15(17)16(8-10-19-3)7-4-9-18-2/h5-6,11,20H,4,7-10H2,1-3H3. The summed E-state index contributed by atoms with van der Waals surface area (Å²) in [5.74, 6) is 0.0200. The first-order valence-corrected chi connectivity index (χ1v) is 7.11. The largest absolute Gasteiger partial charge is 0.385 e. The van der Waals surface area contributed by atoms with E-state index in [1.54, 1.807) is 19.1 Å². The molecule has 0 aromatic heterocycles. The van der Waals surface area contributed by atoms with Gasteiger partial charge in [-0.05, 0) is 31.0 Å². The van der Waals surface area contributed by atoms with Crippen molar-refractivity contribution in [1.82, 2.24) is 4.90 Å². The van der Waals surface area contributed by atoms with E-state index in [4.69, 9.17) is 9.47 Å². The van der Waals surface area contributed by atoms with Crippen LogP contribution in [0.1, 0.15) is 22.3 Å². The van der Waals surface area contributed by atoms with Crippen LogP contribution in [0.5, 0.6) is 0 Å². The second-order valence-electron chi connectivity index (χ2n) is 4.63. The lowest BCUT2D eigenvalue weighted by Gasteiger charge is -2.23. The second kappa shape index (κ2) is 9.00. The molecule has 20 heavy (non-hydrogen) atoms. The third kappa shape index (κ3) is 5.15. The van der Waals surface area contributed by atoms with Crippen molar-refractivity contribution >= 4 is 18.5 Å². The van der Waals surface area contributed by atoms with E-state index in [2.05, 4.69) is 12.6 Å². The number of amides is 1. The summed E-state index contributed by atoms with van der Waals surface area (Å²) in [6.45, 7) is 4.34. The normalized spacial score (nSPS) is 10.6. The summed E-state index contributed by atoms with van der Waals surface area (Å²) in [5.41, 5.74) is 1.66. The minimum Gasteiger partial charge on any atom is -0.385 e. The van der Waals surface area contributed by atoms with Crippen molar-refractivity contribution in [2.45, 2.75) is 18.2 Å². The molecule has 5 heteroatoms. The van der Waals surface area contributed by atoms with Gasteiger partial charge in [-0.1, -0.05) is 6.07 Å². The number of carbonyl (C=O) groups is 1. The molecule has 4 nitrogen and oxygen atoms in total. The zero-order valence-electron chi connectivity index (χ0n) is 12.4. The molecule has 0 unspecified atom stereocenters. The van der Waals surface area contributed by atoms with Gasteiger partial charge in [-0.3, -0.25) is 4.79 Å². The Morgan fingerprint density at radius 1 is 1.20 bits per heavy atom. The Labute approximate surface area is 126 Å². The van der Waals surface area contributed by atoms with Crippen LogP contribution in [-0.2, 0) is 9.47 Å². The number of ether oxygens (including phenoxy) is 2. The maximum Gasteiger partial charge on any atom is 0.254 e. The van der Waals surface area contributed by atoms with Gasteiger partial charge in [-0.15, -0.1) is 12.6 Å². The van der Waals surface area contributed by atoms with Crippen molar-refractivity contribution in [3.8, 4) is 0 Å². The lowest BCUT2D eigenvalue weighted by molar-refractivity contribution is 0.0673. The lowest BCUT2D eigenvalue weighted by Crippen LogP contribution is -2.35. The number of hydrogen-bond donors (Lipinski definition) is 1. The molecule has 0 atom stereocenters. The molecular formula is C15H23NO3S. The van der Waals surface area contributed by atoms with E-state index in [1.165, 1.54) is 0 Å². The fourth-order valence-electron chi connectivity index (χ4n) is 1.93. The van der Waals surface area contributed by atoms with Gasteiger partial charge in [-0.2, -0.15) is 0 Å². The van der Waals surface area contributed by atoms with Crippen LogP contribution in [0.4, 0.5) is 0 Å². The van der Waals surface area contributed by atoms with Gasteiger partial charge < -0.3 is 14.4 Å². The number of hydrogen-bond acceptors (Lipinski definition) is 4. The molecule has 0 saturated carbocycles. The van der Waals surface area contributed by atoms with Crippen molar-refractivity contribution in [3.63, 3.8) is 0 Å². The van der Waals surface area contributed by atoms with Gasteiger partial charge in [0.1, 0.15) is 0 Å². The van der Waals surface area contributed by atoms with Gasteiger partial charge in [0.15, 0.2) is 0 Å². The minimum absolute atomic E-state index is 0.0200. The number of aryl methyl sites for hydroxylation is 1. The molecule has 0 N–H and O–H groups in total. The van der Waals surface area contributed by atoms with Crippen molar-refractivity contribution < 1.29 is 14.3 Å². The summed E-state index contributed by atoms with van der Waals surface area (Å²) in [4.78, 5) is 15.2. The highest BCUT2D eigenvalue weighted by Gasteiger charge is 2.17. The van der Waals surface area contributed by atoms with Crippen LogP contribution in [0.15, 0.2) is 23.1 Å². The number of benzene rings is 1. The van der Waals surface area contributed by atoms with Crippen LogP contribution >= 0.6 is 12.6 Å². The first-order chi connectivity index (χ1) is 9.60. The number of rotatable bonds is 8. The molecule has 0 spiro atoms. The lowest BCUT2D eigenvalue weighted by atomic mass is 10.1. The first kappa shape index (κ1) is 17.0. The van der Waals surface area contributed by atoms with Crippen LogP contribution < -0.4 is 0 Å². The molecule has 1 rings (SSSR count). The summed E-state index contributed by atoms with van der Waals surface area (Å²) in [5, 5.41) is 0. The van der Waals surface area contributed by atoms with Crippen LogP contribution in [0.2, 0.25) is 0 Å². The molecule has 0 radical (unpaired) electrons. The van der Waals surface area contributed by atoms with Gasteiger partial charge in [-0.25, -0.2) is 0 Å². The molecule has 1 aromatic rings. The quantitative estimate of drug-likeness (QED) is 0.591. The predicted octanol–water partition coefficient (Wildman–Crippen LogP) is 2.41. The van der Waals surface area contributed by atoms with E-state index in [0.29, 0.717) is 31.9 Å². The highest BCUT2D eigenvalue weighted by molar-refractivity contribution is 7.80. The predicted molar refractivity (Wildman–Crippen MR) is 82.7 cm³/mol. The van der Waals surface area contributed by atoms with E-state index in [-0.39, 0.29) is 5.91 Å². The zero-order chi connectivity index (χ0) is 15.0. The van der Waals surface area contributed by atoms with Crippen LogP contribution in [-0.4, -0.2) is 51.3 Å². The molecule has 0 heterocycles. The van der Waals surface area contributed by atoms with E-state index in [9.17, 15) is 4.79 Å². The molecule has 0 bridgehead atoms. The number of methoxy groups -OCH3 is 2. The summed E-state index contributed by atoms with van der Waals surface area (Å²) >= 11 is 4.31. The van der Waals surface area contributed by atoms with Gasteiger partial charge in [0.2, 0.25) is 0 Å². The molecular weight excluding hydrogens is 274 g/mol. The molecule has 112 valence electrons. The van der Waals surface area contributed by atoms with Crippen LogP contribution in [0.3, 0.4) is 0 Å². The van der Waals surface area contributed by atoms with Crippen LogP contribution in [0, 0.1) is 6.92 Å². The summed E-state index contributed by atoms with van der Waals surface area (Å²) in [6.07, 6.45) is 0.811. The van der Waals surface area contributed by atoms with E-state index >= 15 is 0 Å². The zero-order valence-corrected chi connectivity index (χ0v) is 13.3. The van der Waals surface area contributed by atoms with Crippen molar-refractivity contribution in [3.05, 3.63) is 29.3 Å². The minimum atomic E-state index is 0.0200. The average Bonchev–Trinajstić information content (AvgIpc) is 2.44. The van der Waals surface area contributed by atoms with Crippen molar-refractivity contribution in [2.24, 2.45) is 0 Å². The molecule has 0 fully saturated rings. The highest BCUT2D eigenvalue weighted by Crippen LogP contribution is 2.16. The maximum atomic E-state index is 12.6. The summed E-state index contributed by atoms with van der Waals surface area (Å²) in [7, 11) is 3.30.